The molecule has 2 aromatic rings. The summed E-state index contributed by atoms with van der Waals surface area (Å²) in [6.07, 6.45) is 12.3. The number of hydrogen-bond acceptors (Lipinski definition) is 3. The van der Waals surface area contributed by atoms with E-state index in [1.165, 1.54) is 10.1 Å². The second-order valence-electron chi connectivity index (χ2n) is 3.94. The van der Waals surface area contributed by atoms with Crippen molar-refractivity contribution in [2.24, 2.45) is 0 Å². The van der Waals surface area contributed by atoms with Crippen molar-refractivity contribution in [3.05, 3.63) is 33.2 Å². The molecule has 2 aliphatic rings. The van der Waals surface area contributed by atoms with Crippen LogP contribution in [0.5, 0.6) is 0 Å². The number of thiophene rings is 1. The smallest absolute Gasteiger partial charge is 0.127 e. The van der Waals surface area contributed by atoms with E-state index in [9.17, 15) is 0 Å². The molecule has 0 spiro atoms. The van der Waals surface area contributed by atoms with Crippen molar-refractivity contribution in [1.82, 2.24) is 4.98 Å². The molecule has 0 atom stereocenters. The molecule has 16 heavy (non-hydrogen) atoms. The Labute approximate surface area is 95.7 Å². The van der Waals surface area contributed by atoms with Gasteiger partial charge in [0.05, 0.1) is 11.0 Å². The van der Waals surface area contributed by atoms with Gasteiger partial charge in [-0.3, -0.25) is 0 Å². The maximum atomic E-state index is 6.24. The number of fused-ring (bicyclic) bond motifs is 4. The van der Waals surface area contributed by atoms with Gasteiger partial charge in [-0.25, -0.2) is 4.98 Å². The molecule has 2 nitrogen and oxygen atoms in total. The van der Waals surface area contributed by atoms with E-state index in [0.717, 1.165) is 26.8 Å². The maximum absolute atomic E-state index is 6.24. The first-order chi connectivity index (χ1) is 7.84. The lowest BCUT2D eigenvalue weighted by atomic mass is 10.1. The SMILES string of the molecule is Nc1c2c(nc3sc4c(c13)C=CC=4)=CC=C2. The van der Waals surface area contributed by atoms with E-state index in [0.29, 0.717) is 0 Å². The molecule has 4 rings (SSSR count). The Morgan fingerprint density at radius 2 is 1.88 bits per heavy atom. The summed E-state index contributed by atoms with van der Waals surface area (Å²) >= 11 is 1.71. The van der Waals surface area contributed by atoms with Crippen molar-refractivity contribution < 1.29 is 0 Å². The molecule has 2 heterocycles. The van der Waals surface area contributed by atoms with Gasteiger partial charge in [-0.1, -0.05) is 24.3 Å². The van der Waals surface area contributed by atoms with Gasteiger partial charge in [-0.05, 0) is 12.2 Å². The Balaban J connectivity index is 2.33. The Morgan fingerprint density at radius 3 is 2.81 bits per heavy atom. The highest BCUT2D eigenvalue weighted by Crippen LogP contribution is 2.30. The molecule has 0 fully saturated rings. The quantitative estimate of drug-likeness (QED) is 0.736. The van der Waals surface area contributed by atoms with Crippen molar-refractivity contribution in [2.75, 3.05) is 5.73 Å². The van der Waals surface area contributed by atoms with Crippen LogP contribution in [0, 0.1) is 0 Å². The minimum absolute atomic E-state index is 0.863. The summed E-state index contributed by atoms with van der Waals surface area (Å²) in [5.41, 5.74) is 9.39. The van der Waals surface area contributed by atoms with Crippen LogP contribution in [0.2, 0.25) is 0 Å². The third-order valence-electron chi connectivity index (χ3n) is 3.04. The number of nitrogens with two attached hydrogens (primary N) is 1. The van der Waals surface area contributed by atoms with Gasteiger partial charge in [0.25, 0.3) is 0 Å². The zero-order valence-corrected chi connectivity index (χ0v) is 9.21. The van der Waals surface area contributed by atoms with E-state index >= 15 is 0 Å². The van der Waals surface area contributed by atoms with Gasteiger partial charge >= 0.3 is 0 Å². The number of hydrogen-bond donors (Lipinski definition) is 1. The zero-order valence-electron chi connectivity index (χ0n) is 8.40. The van der Waals surface area contributed by atoms with Gasteiger partial charge in [0.15, 0.2) is 0 Å². The average Bonchev–Trinajstić information content (AvgIpc) is 2.89. The average molecular weight is 224 g/mol. The highest BCUT2D eigenvalue weighted by atomic mass is 32.1. The first-order valence-electron chi connectivity index (χ1n) is 5.13. The van der Waals surface area contributed by atoms with E-state index < -0.39 is 0 Å². The summed E-state index contributed by atoms with van der Waals surface area (Å²) < 4.78 is 1.27. The Kier molecular flexibility index (Phi) is 1.36. The topological polar surface area (TPSA) is 38.9 Å². The summed E-state index contributed by atoms with van der Waals surface area (Å²) in [4.78, 5) is 5.69. The van der Waals surface area contributed by atoms with Crippen LogP contribution in [0.15, 0.2) is 12.2 Å². The van der Waals surface area contributed by atoms with Crippen molar-refractivity contribution in [2.45, 2.75) is 0 Å². The van der Waals surface area contributed by atoms with Gasteiger partial charge in [0.2, 0.25) is 0 Å². The van der Waals surface area contributed by atoms with Crippen LogP contribution in [-0.2, 0) is 0 Å². The standard InChI is InChI=1S/C13H8N2S/c14-12-7-3-1-5-9(7)15-13-11(12)8-4-2-6-10(8)16-13/h1-6H,14H2. The Bertz CT molecular complexity index is 807. The molecule has 0 aromatic carbocycles. The summed E-state index contributed by atoms with van der Waals surface area (Å²) in [5, 5.41) is 2.11. The van der Waals surface area contributed by atoms with Crippen molar-refractivity contribution >= 4 is 51.5 Å². The summed E-state index contributed by atoms with van der Waals surface area (Å²) in [5.74, 6) is 0. The van der Waals surface area contributed by atoms with E-state index in [1.54, 1.807) is 11.3 Å². The fraction of sp³-hybridized carbons (Fsp3) is 0. The molecule has 2 N–H and O–H groups in total. The minimum Gasteiger partial charge on any atom is -0.398 e. The van der Waals surface area contributed by atoms with Gasteiger partial charge in [0, 0.05) is 21.0 Å². The van der Waals surface area contributed by atoms with Crippen LogP contribution in [0.4, 0.5) is 5.69 Å². The number of nitrogens with zero attached hydrogens (tertiary/aromatic N) is 1. The summed E-state index contributed by atoms with van der Waals surface area (Å²) in [6, 6.07) is 0. The molecule has 0 unspecified atom stereocenters. The number of rotatable bonds is 0. The van der Waals surface area contributed by atoms with Crippen molar-refractivity contribution in [3.8, 4) is 0 Å². The zero-order chi connectivity index (χ0) is 10.7. The molecule has 0 saturated carbocycles. The maximum Gasteiger partial charge on any atom is 0.127 e. The van der Waals surface area contributed by atoms with E-state index in [2.05, 4.69) is 23.2 Å². The molecule has 0 aliphatic heterocycles. The number of pyridine rings is 1. The van der Waals surface area contributed by atoms with Crippen molar-refractivity contribution in [1.29, 1.82) is 0 Å². The second kappa shape index (κ2) is 2.62. The third-order valence-corrected chi connectivity index (χ3v) is 4.10. The van der Waals surface area contributed by atoms with Crippen LogP contribution in [0.3, 0.4) is 0 Å². The highest BCUT2D eigenvalue weighted by molar-refractivity contribution is 7.17. The van der Waals surface area contributed by atoms with Gasteiger partial charge in [0.1, 0.15) is 4.83 Å². The largest absolute Gasteiger partial charge is 0.398 e. The first kappa shape index (κ1) is 8.30. The number of aromatic nitrogens is 1. The number of nitrogen functional groups attached to an aromatic ring is 1. The second-order valence-corrected chi connectivity index (χ2v) is 4.97. The van der Waals surface area contributed by atoms with Crippen LogP contribution < -0.4 is 15.6 Å². The molecule has 2 aromatic heterocycles. The molecular formula is C13H8N2S. The van der Waals surface area contributed by atoms with Crippen LogP contribution in [0.1, 0.15) is 11.1 Å². The lowest BCUT2D eigenvalue weighted by Crippen LogP contribution is -2.11. The lowest BCUT2D eigenvalue weighted by molar-refractivity contribution is 1.34. The Morgan fingerprint density at radius 1 is 1.06 bits per heavy atom. The van der Waals surface area contributed by atoms with E-state index in [4.69, 9.17) is 5.73 Å². The predicted octanol–water partition coefficient (Wildman–Crippen LogP) is 1.49. The molecule has 0 bridgehead atoms. The fourth-order valence-corrected chi connectivity index (χ4v) is 3.39. The first-order valence-corrected chi connectivity index (χ1v) is 5.95. The molecule has 2 aliphatic carbocycles. The molecule has 0 radical (unpaired) electrons. The fourth-order valence-electron chi connectivity index (χ4n) is 2.29. The molecule has 0 saturated heterocycles. The minimum atomic E-state index is 0.863. The van der Waals surface area contributed by atoms with Gasteiger partial charge in [-0.2, -0.15) is 0 Å². The summed E-state index contributed by atoms with van der Waals surface area (Å²) in [7, 11) is 0. The monoisotopic (exact) mass is 224 g/mol. The van der Waals surface area contributed by atoms with E-state index in [-0.39, 0.29) is 0 Å². The lowest BCUT2D eigenvalue weighted by Gasteiger charge is -2.02. The van der Waals surface area contributed by atoms with E-state index in [1.807, 2.05) is 18.2 Å². The number of allylic oxidation sites excluding steroid dienone is 2. The molecule has 0 amide bonds. The van der Waals surface area contributed by atoms with Gasteiger partial charge in [-0.15, -0.1) is 11.3 Å². The molecule has 3 heteroatoms. The van der Waals surface area contributed by atoms with Crippen LogP contribution in [-0.4, -0.2) is 4.98 Å². The van der Waals surface area contributed by atoms with Crippen LogP contribution in [0.25, 0.3) is 34.5 Å². The molecule has 76 valence electrons. The predicted molar refractivity (Wildman–Crippen MR) is 70.3 cm³/mol. The highest BCUT2D eigenvalue weighted by Gasteiger charge is 2.15. The summed E-state index contributed by atoms with van der Waals surface area (Å²) in [6.45, 7) is 0. The van der Waals surface area contributed by atoms with Crippen LogP contribution >= 0.6 is 11.3 Å². The Hall–Kier alpha value is -1.87. The van der Waals surface area contributed by atoms with Crippen molar-refractivity contribution in [3.63, 3.8) is 0 Å². The van der Waals surface area contributed by atoms with Gasteiger partial charge < -0.3 is 5.73 Å². The molecular weight excluding hydrogens is 216 g/mol. The normalized spacial score (nSPS) is 15.0. The number of anilines is 1. The third kappa shape index (κ3) is 0.847.